The van der Waals surface area contributed by atoms with Crippen LogP contribution in [0.25, 0.3) is 0 Å². The Balaban J connectivity index is 1.94. The Bertz CT molecular complexity index is 456. The smallest absolute Gasteiger partial charge is 0.241 e. The molecule has 1 aromatic rings. The molecule has 0 radical (unpaired) electrons. The molecule has 0 unspecified atom stereocenters. The van der Waals surface area contributed by atoms with Crippen LogP contribution in [0.3, 0.4) is 0 Å². The highest BCUT2D eigenvalue weighted by Gasteiger charge is 2.16. The highest BCUT2D eigenvalue weighted by atomic mass is 16.5. The lowest BCUT2D eigenvalue weighted by Gasteiger charge is -2.27. The molecule has 0 spiro atoms. The Labute approximate surface area is 119 Å². The van der Waals surface area contributed by atoms with Crippen molar-refractivity contribution in [1.29, 1.82) is 0 Å². The van der Waals surface area contributed by atoms with E-state index >= 15 is 0 Å². The molecular formula is C15H22N2O3. The lowest BCUT2D eigenvalue weighted by atomic mass is 10.1. The van der Waals surface area contributed by atoms with Crippen LogP contribution in [-0.2, 0) is 4.79 Å². The molecule has 20 heavy (non-hydrogen) atoms. The monoisotopic (exact) mass is 278 g/mol. The number of rotatable bonds is 5. The average molecular weight is 278 g/mol. The number of anilines is 1. The molecule has 1 N–H and O–H groups in total. The molecule has 0 bridgehead atoms. The van der Waals surface area contributed by atoms with Crippen LogP contribution in [0.4, 0.5) is 5.69 Å². The molecule has 0 aromatic heterocycles. The van der Waals surface area contributed by atoms with Gasteiger partial charge in [0, 0.05) is 19.2 Å². The maximum absolute atomic E-state index is 12.1. The first-order chi connectivity index (χ1) is 9.74. The van der Waals surface area contributed by atoms with Gasteiger partial charge >= 0.3 is 0 Å². The van der Waals surface area contributed by atoms with Gasteiger partial charge in [0.1, 0.15) is 11.5 Å². The van der Waals surface area contributed by atoms with Gasteiger partial charge in [-0.2, -0.15) is 0 Å². The number of hydrogen-bond donors (Lipinski definition) is 1. The molecule has 1 aliphatic heterocycles. The molecule has 5 nitrogen and oxygen atoms in total. The fourth-order valence-electron chi connectivity index (χ4n) is 2.37. The minimum absolute atomic E-state index is 0.141. The molecule has 1 heterocycles. The summed E-state index contributed by atoms with van der Waals surface area (Å²) >= 11 is 0. The average Bonchev–Trinajstić information content (AvgIpc) is 2.53. The van der Waals surface area contributed by atoms with Gasteiger partial charge in [-0.05, 0) is 31.4 Å². The van der Waals surface area contributed by atoms with Crippen LogP contribution in [0.2, 0.25) is 0 Å². The SMILES string of the molecule is COc1ccc(NCC(=O)N2CCCCC2)c(OC)c1. The number of benzene rings is 1. The molecule has 0 saturated carbocycles. The van der Waals surface area contributed by atoms with Crippen molar-refractivity contribution in [3.8, 4) is 11.5 Å². The molecule has 0 atom stereocenters. The number of methoxy groups -OCH3 is 2. The minimum atomic E-state index is 0.141. The molecule has 110 valence electrons. The second-order valence-electron chi connectivity index (χ2n) is 4.86. The zero-order chi connectivity index (χ0) is 14.4. The summed E-state index contributed by atoms with van der Waals surface area (Å²) in [4.78, 5) is 14.0. The Hall–Kier alpha value is -1.91. The fourth-order valence-corrected chi connectivity index (χ4v) is 2.37. The number of nitrogens with zero attached hydrogens (tertiary/aromatic N) is 1. The van der Waals surface area contributed by atoms with E-state index in [2.05, 4.69) is 5.32 Å². The number of amides is 1. The van der Waals surface area contributed by atoms with Crippen LogP contribution in [-0.4, -0.2) is 44.7 Å². The number of ether oxygens (including phenoxy) is 2. The third-order valence-electron chi connectivity index (χ3n) is 3.55. The quantitative estimate of drug-likeness (QED) is 0.896. The number of carbonyl (C=O) groups excluding carboxylic acids is 1. The van der Waals surface area contributed by atoms with Gasteiger partial charge in [-0.15, -0.1) is 0 Å². The lowest BCUT2D eigenvalue weighted by Crippen LogP contribution is -2.39. The van der Waals surface area contributed by atoms with E-state index in [0.29, 0.717) is 12.3 Å². The van der Waals surface area contributed by atoms with Crippen molar-refractivity contribution in [1.82, 2.24) is 4.90 Å². The van der Waals surface area contributed by atoms with Crippen molar-refractivity contribution in [2.24, 2.45) is 0 Å². The minimum Gasteiger partial charge on any atom is -0.497 e. The largest absolute Gasteiger partial charge is 0.497 e. The molecule has 1 aliphatic rings. The zero-order valence-electron chi connectivity index (χ0n) is 12.1. The number of piperidine rings is 1. The standard InChI is InChI=1S/C15H22N2O3/c1-19-12-6-7-13(14(10-12)20-2)16-11-15(18)17-8-4-3-5-9-17/h6-7,10,16H,3-5,8-9,11H2,1-2H3. The first-order valence-corrected chi connectivity index (χ1v) is 6.98. The Morgan fingerprint density at radius 3 is 2.60 bits per heavy atom. The van der Waals surface area contributed by atoms with Gasteiger partial charge in [0.25, 0.3) is 0 Å². The highest BCUT2D eigenvalue weighted by molar-refractivity contribution is 5.81. The van der Waals surface area contributed by atoms with Gasteiger partial charge in [0.05, 0.1) is 26.5 Å². The predicted octanol–water partition coefficient (Wildman–Crippen LogP) is 2.13. The van der Waals surface area contributed by atoms with E-state index in [1.165, 1.54) is 6.42 Å². The molecule has 1 fully saturated rings. The molecule has 1 aromatic carbocycles. The van der Waals surface area contributed by atoms with Gasteiger partial charge in [0.15, 0.2) is 0 Å². The van der Waals surface area contributed by atoms with Crippen molar-refractivity contribution >= 4 is 11.6 Å². The van der Waals surface area contributed by atoms with Gasteiger partial charge in [-0.25, -0.2) is 0 Å². The molecule has 0 aliphatic carbocycles. The molecule has 5 heteroatoms. The van der Waals surface area contributed by atoms with Crippen LogP contribution in [0.1, 0.15) is 19.3 Å². The first kappa shape index (κ1) is 14.5. The van der Waals surface area contributed by atoms with Crippen molar-refractivity contribution in [3.05, 3.63) is 18.2 Å². The summed E-state index contributed by atoms with van der Waals surface area (Å²) in [6.45, 7) is 2.04. The number of carbonyl (C=O) groups is 1. The summed E-state index contributed by atoms with van der Waals surface area (Å²) in [5.74, 6) is 1.55. The highest BCUT2D eigenvalue weighted by Crippen LogP contribution is 2.28. The summed E-state index contributed by atoms with van der Waals surface area (Å²) < 4.78 is 10.4. The fraction of sp³-hybridized carbons (Fsp3) is 0.533. The van der Waals surface area contributed by atoms with Crippen LogP contribution in [0.15, 0.2) is 18.2 Å². The Morgan fingerprint density at radius 2 is 1.95 bits per heavy atom. The number of nitrogens with one attached hydrogen (secondary N) is 1. The summed E-state index contributed by atoms with van der Waals surface area (Å²) in [7, 11) is 3.22. The van der Waals surface area contributed by atoms with E-state index in [0.717, 1.165) is 37.4 Å². The maximum atomic E-state index is 12.1. The molecule has 2 rings (SSSR count). The molecule has 1 saturated heterocycles. The first-order valence-electron chi connectivity index (χ1n) is 6.98. The van der Waals surface area contributed by atoms with Crippen LogP contribution >= 0.6 is 0 Å². The maximum Gasteiger partial charge on any atom is 0.241 e. The van der Waals surface area contributed by atoms with Crippen molar-refractivity contribution in [2.45, 2.75) is 19.3 Å². The third kappa shape index (κ3) is 3.56. The van der Waals surface area contributed by atoms with E-state index < -0.39 is 0 Å². The molecule has 1 amide bonds. The van der Waals surface area contributed by atoms with Gasteiger partial charge in [-0.3, -0.25) is 4.79 Å². The number of hydrogen-bond acceptors (Lipinski definition) is 4. The lowest BCUT2D eigenvalue weighted by molar-refractivity contribution is -0.130. The van der Waals surface area contributed by atoms with Gasteiger partial charge in [-0.1, -0.05) is 0 Å². The second kappa shape index (κ2) is 7.03. The summed E-state index contributed by atoms with van der Waals surface area (Å²) in [6, 6.07) is 5.51. The summed E-state index contributed by atoms with van der Waals surface area (Å²) in [5, 5.41) is 3.14. The second-order valence-corrected chi connectivity index (χ2v) is 4.86. The van der Waals surface area contributed by atoms with Crippen LogP contribution < -0.4 is 14.8 Å². The topological polar surface area (TPSA) is 50.8 Å². The van der Waals surface area contributed by atoms with E-state index in [1.54, 1.807) is 20.3 Å². The van der Waals surface area contributed by atoms with E-state index in [9.17, 15) is 4.79 Å². The number of likely N-dealkylation sites (tertiary alicyclic amines) is 1. The Kier molecular flexibility index (Phi) is 5.09. The van der Waals surface area contributed by atoms with Crippen LogP contribution in [0.5, 0.6) is 11.5 Å². The molecular weight excluding hydrogens is 256 g/mol. The van der Waals surface area contributed by atoms with Crippen molar-refractivity contribution in [2.75, 3.05) is 39.2 Å². The third-order valence-corrected chi connectivity index (χ3v) is 3.55. The van der Waals surface area contributed by atoms with Crippen LogP contribution in [0, 0.1) is 0 Å². The van der Waals surface area contributed by atoms with Gasteiger partial charge in [0.2, 0.25) is 5.91 Å². The van der Waals surface area contributed by atoms with Crippen molar-refractivity contribution in [3.63, 3.8) is 0 Å². The zero-order valence-corrected chi connectivity index (χ0v) is 12.1. The van der Waals surface area contributed by atoms with Crippen molar-refractivity contribution < 1.29 is 14.3 Å². The predicted molar refractivity (Wildman–Crippen MR) is 78.5 cm³/mol. The summed E-state index contributed by atoms with van der Waals surface area (Å²) in [6.07, 6.45) is 3.44. The normalized spacial score (nSPS) is 14.8. The Morgan fingerprint density at radius 1 is 1.20 bits per heavy atom. The van der Waals surface area contributed by atoms with E-state index in [-0.39, 0.29) is 5.91 Å². The summed E-state index contributed by atoms with van der Waals surface area (Å²) in [5.41, 5.74) is 0.804. The van der Waals surface area contributed by atoms with E-state index in [1.807, 2.05) is 17.0 Å². The van der Waals surface area contributed by atoms with E-state index in [4.69, 9.17) is 9.47 Å². The van der Waals surface area contributed by atoms with Gasteiger partial charge < -0.3 is 19.7 Å².